The number of nitrogens with zero attached hydrogens (tertiary/aromatic N) is 2. The number of benzene rings is 2. The van der Waals surface area contributed by atoms with E-state index in [1.165, 1.54) is 48.7 Å². The highest BCUT2D eigenvalue weighted by Crippen LogP contribution is 2.38. The molecule has 0 unspecified atom stereocenters. The number of hydrogen-bond acceptors (Lipinski definition) is 3. The molecule has 2 heterocycles. The summed E-state index contributed by atoms with van der Waals surface area (Å²) in [4.78, 5) is 8.52. The predicted molar refractivity (Wildman–Crippen MR) is 120 cm³/mol. The van der Waals surface area contributed by atoms with Crippen LogP contribution < -0.4 is 4.90 Å². The number of aromatic nitrogens is 1. The number of anilines is 1. The summed E-state index contributed by atoms with van der Waals surface area (Å²) >= 11 is 0. The van der Waals surface area contributed by atoms with E-state index in [-0.39, 0.29) is 0 Å². The van der Waals surface area contributed by atoms with Crippen molar-refractivity contribution in [1.29, 1.82) is 0 Å². The van der Waals surface area contributed by atoms with Gasteiger partial charge < -0.3 is 15.0 Å². The molecule has 0 spiro atoms. The van der Waals surface area contributed by atoms with E-state index < -0.39 is 0 Å². The van der Waals surface area contributed by atoms with Crippen molar-refractivity contribution >= 4 is 16.6 Å². The molecule has 29 heavy (non-hydrogen) atoms. The molecule has 2 fully saturated rings. The zero-order chi connectivity index (χ0) is 19.6. The number of phenols is 1. The summed E-state index contributed by atoms with van der Waals surface area (Å²) in [6.07, 6.45) is 8.56. The van der Waals surface area contributed by atoms with Crippen LogP contribution in [0.15, 0.2) is 54.7 Å². The van der Waals surface area contributed by atoms with Gasteiger partial charge in [-0.25, -0.2) is 0 Å². The smallest absolute Gasteiger partial charge is 0.138 e. The minimum absolute atomic E-state index is 0.403. The summed E-state index contributed by atoms with van der Waals surface area (Å²) in [6, 6.07) is 17.2. The van der Waals surface area contributed by atoms with Crippen LogP contribution in [0.1, 0.15) is 43.6 Å². The molecule has 0 amide bonds. The summed E-state index contributed by atoms with van der Waals surface area (Å²) in [5.74, 6) is 1.09. The van der Waals surface area contributed by atoms with E-state index in [9.17, 15) is 5.11 Å². The van der Waals surface area contributed by atoms with E-state index in [0.29, 0.717) is 17.7 Å². The molecule has 1 saturated carbocycles. The van der Waals surface area contributed by atoms with Crippen LogP contribution >= 0.6 is 0 Å². The van der Waals surface area contributed by atoms with E-state index in [0.717, 1.165) is 31.7 Å². The monoisotopic (exact) mass is 389 g/mol. The maximum Gasteiger partial charge on any atom is 0.138 e. The number of nitrogens with one attached hydrogen (secondary N) is 1. The first-order valence-electron chi connectivity index (χ1n) is 11.1. The van der Waals surface area contributed by atoms with Crippen LogP contribution in [0, 0.1) is 0 Å². The fraction of sp³-hybridized carbons (Fsp3) is 0.440. The Bertz CT molecular complexity index is 957. The van der Waals surface area contributed by atoms with Crippen LogP contribution in [0.2, 0.25) is 0 Å². The second-order valence-corrected chi connectivity index (χ2v) is 8.66. The number of H-pyrrole nitrogens is 1. The molecular weight excluding hydrogens is 358 g/mol. The number of para-hydroxylation sites is 3. The predicted octanol–water partition coefficient (Wildman–Crippen LogP) is 5.11. The number of hydrogen-bond donors (Lipinski definition) is 2. The Morgan fingerprint density at radius 1 is 0.828 bits per heavy atom. The van der Waals surface area contributed by atoms with Crippen molar-refractivity contribution in [3.05, 3.63) is 60.3 Å². The van der Waals surface area contributed by atoms with Crippen molar-refractivity contribution < 1.29 is 5.11 Å². The van der Waals surface area contributed by atoms with Crippen LogP contribution in [0.25, 0.3) is 10.9 Å². The Kier molecular flexibility index (Phi) is 5.19. The fourth-order valence-corrected chi connectivity index (χ4v) is 5.46. The molecule has 4 heteroatoms. The number of aromatic amines is 1. The lowest BCUT2D eigenvalue weighted by molar-refractivity contribution is 0.159. The molecule has 0 atom stereocenters. The average molecular weight is 390 g/mol. The van der Waals surface area contributed by atoms with Gasteiger partial charge in [-0.15, -0.1) is 0 Å². The normalized spacial score (nSPS) is 23.9. The van der Waals surface area contributed by atoms with Gasteiger partial charge >= 0.3 is 0 Å². The van der Waals surface area contributed by atoms with E-state index in [2.05, 4.69) is 45.2 Å². The first-order valence-corrected chi connectivity index (χ1v) is 11.1. The highest BCUT2D eigenvalue weighted by molar-refractivity contribution is 5.83. The molecule has 0 radical (unpaired) electrons. The molecule has 0 bridgehead atoms. The maximum atomic E-state index is 10.2. The Hall–Kier alpha value is -2.46. The van der Waals surface area contributed by atoms with Gasteiger partial charge in [0, 0.05) is 49.3 Å². The van der Waals surface area contributed by atoms with E-state index in [4.69, 9.17) is 0 Å². The molecule has 2 aliphatic rings. The van der Waals surface area contributed by atoms with Gasteiger partial charge in [0.05, 0.1) is 5.69 Å². The third-order valence-electron chi connectivity index (χ3n) is 7.03. The molecule has 3 aromatic rings. The molecule has 2 N–H and O–H groups in total. The van der Waals surface area contributed by atoms with E-state index in [1.807, 2.05) is 18.2 Å². The maximum absolute atomic E-state index is 10.2. The van der Waals surface area contributed by atoms with Gasteiger partial charge in [0.2, 0.25) is 0 Å². The first kappa shape index (κ1) is 18.6. The quantitative estimate of drug-likeness (QED) is 0.654. The van der Waals surface area contributed by atoms with Gasteiger partial charge in [0.1, 0.15) is 5.75 Å². The zero-order valence-electron chi connectivity index (χ0n) is 17.1. The zero-order valence-corrected chi connectivity index (χ0v) is 17.1. The molecule has 1 aromatic heterocycles. The molecule has 5 rings (SSSR count). The van der Waals surface area contributed by atoms with Crippen molar-refractivity contribution in [1.82, 2.24) is 9.88 Å². The Morgan fingerprint density at radius 3 is 2.48 bits per heavy atom. The van der Waals surface area contributed by atoms with Crippen molar-refractivity contribution in [2.24, 2.45) is 0 Å². The number of phenolic OH excluding ortho intramolecular Hbond substituents is 1. The molecule has 2 aromatic carbocycles. The third-order valence-corrected chi connectivity index (χ3v) is 7.03. The van der Waals surface area contributed by atoms with Crippen molar-refractivity contribution in [3.63, 3.8) is 0 Å². The lowest BCUT2D eigenvalue weighted by Gasteiger charge is -2.36. The third kappa shape index (κ3) is 3.74. The molecule has 4 nitrogen and oxygen atoms in total. The fourth-order valence-electron chi connectivity index (χ4n) is 5.46. The number of aromatic hydroxyl groups is 1. The van der Waals surface area contributed by atoms with Crippen LogP contribution in [-0.4, -0.2) is 47.2 Å². The number of fused-ring (bicyclic) bond motifs is 1. The second kappa shape index (κ2) is 8.11. The molecular formula is C25H31N3O. The van der Waals surface area contributed by atoms with Gasteiger partial charge in [-0.2, -0.15) is 0 Å². The lowest BCUT2D eigenvalue weighted by Crippen LogP contribution is -2.40. The topological polar surface area (TPSA) is 42.5 Å². The first-order chi connectivity index (χ1) is 14.3. The lowest BCUT2D eigenvalue weighted by atomic mass is 9.81. The summed E-state index contributed by atoms with van der Waals surface area (Å²) in [6.45, 7) is 4.29. The summed E-state index contributed by atoms with van der Waals surface area (Å²) < 4.78 is 0. The Balaban J connectivity index is 1.21. The van der Waals surface area contributed by atoms with Crippen LogP contribution in [0.3, 0.4) is 0 Å². The Morgan fingerprint density at radius 2 is 1.62 bits per heavy atom. The Labute approximate surface area is 173 Å². The molecule has 1 saturated heterocycles. The SMILES string of the molecule is Oc1ccccc1N1CCCN(C2CCC(c3c[nH]c4ccccc34)CC2)CC1. The standard InChI is InChI=1S/C25H31N3O/c29-25-9-4-3-8-24(25)28-15-5-14-27(16-17-28)20-12-10-19(11-13-20)22-18-26-23-7-2-1-6-21(22)23/h1-4,6-9,18-20,26,29H,5,10-17H2. The van der Waals surface area contributed by atoms with Crippen LogP contribution in [0.4, 0.5) is 5.69 Å². The summed E-state index contributed by atoms with van der Waals surface area (Å²) in [5.41, 5.74) is 3.76. The summed E-state index contributed by atoms with van der Waals surface area (Å²) in [7, 11) is 0. The molecule has 1 aliphatic carbocycles. The molecule has 152 valence electrons. The van der Waals surface area contributed by atoms with Gasteiger partial charge in [-0.1, -0.05) is 30.3 Å². The van der Waals surface area contributed by atoms with Crippen molar-refractivity contribution in [3.8, 4) is 5.75 Å². The van der Waals surface area contributed by atoms with E-state index >= 15 is 0 Å². The van der Waals surface area contributed by atoms with E-state index in [1.54, 1.807) is 6.07 Å². The van der Waals surface area contributed by atoms with Gasteiger partial charge in [0.15, 0.2) is 0 Å². The largest absolute Gasteiger partial charge is 0.506 e. The van der Waals surface area contributed by atoms with Crippen LogP contribution in [0.5, 0.6) is 5.75 Å². The minimum atomic E-state index is 0.403. The van der Waals surface area contributed by atoms with Crippen molar-refractivity contribution in [2.75, 3.05) is 31.1 Å². The summed E-state index contributed by atoms with van der Waals surface area (Å²) in [5, 5.41) is 11.6. The van der Waals surface area contributed by atoms with Gasteiger partial charge in [-0.05, 0) is 61.8 Å². The highest BCUT2D eigenvalue weighted by atomic mass is 16.3. The minimum Gasteiger partial charge on any atom is -0.506 e. The average Bonchev–Trinajstić information content (AvgIpc) is 3.04. The van der Waals surface area contributed by atoms with Gasteiger partial charge in [-0.3, -0.25) is 4.90 Å². The van der Waals surface area contributed by atoms with Gasteiger partial charge in [0.25, 0.3) is 0 Å². The second-order valence-electron chi connectivity index (χ2n) is 8.66. The van der Waals surface area contributed by atoms with Crippen molar-refractivity contribution in [2.45, 2.75) is 44.1 Å². The highest BCUT2D eigenvalue weighted by Gasteiger charge is 2.29. The number of rotatable bonds is 3. The molecule has 1 aliphatic heterocycles. The van der Waals surface area contributed by atoms with Crippen LogP contribution in [-0.2, 0) is 0 Å².